The summed E-state index contributed by atoms with van der Waals surface area (Å²) in [5.41, 5.74) is 1.17. The van der Waals surface area contributed by atoms with Gasteiger partial charge < -0.3 is 4.90 Å². The fourth-order valence-electron chi connectivity index (χ4n) is 1.85. The largest absolute Gasteiger partial charge is 0.311 e. The van der Waals surface area contributed by atoms with Crippen molar-refractivity contribution in [2.75, 3.05) is 11.4 Å². The monoisotopic (exact) mass is 267 g/mol. The molecule has 2 rings (SSSR count). The van der Waals surface area contributed by atoms with Gasteiger partial charge in [-0.15, -0.1) is 10.3 Å². The summed E-state index contributed by atoms with van der Waals surface area (Å²) in [5, 5.41) is -1.28. The summed E-state index contributed by atoms with van der Waals surface area (Å²) in [6.45, 7) is -0.160. The van der Waals surface area contributed by atoms with Crippen molar-refractivity contribution in [3.8, 4) is 12.3 Å². The maximum atomic E-state index is 12.8. The summed E-state index contributed by atoms with van der Waals surface area (Å²) in [7, 11) is -4.68. The lowest BCUT2D eigenvalue weighted by Gasteiger charge is -2.15. The highest BCUT2D eigenvalue weighted by atomic mass is 32.3. The lowest BCUT2D eigenvalue weighted by Crippen LogP contribution is -2.26. The van der Waals surface area contributed by atoms with Crippen molar-refractivity contribution in [1.82, 2.24) is 0 Å². The number of halogens is 1. The van der Waals surface area contributed by atoms with E-state index < -0.39 is 21.4 Å². The molecule has 0 N–H and O–H groups in total. The number of hydrogen-bond acceptors (Lipinski definition) is 3. The Morgan fingerprint density at radius 2 is 1.94 bits per heavy atom. The van der Waals surface area contributed by atoms with Crippen LogP contribution in [-0.2, 0) is 15.0 Å². The number of carbonyl (C=O) groups excluding carboxylic acids is 1. The van der Waals surface area contributed by atoms with Crippen molar-refractivity contribution < 1.29 is 17.1 Å². The summed E-state index contributed by atoms with van der Waals surface area (Å²) in [6.07, 6.45) is 4.88. The first-order chi connectivity index (χ1) is 8.41. The number of rotatable bonds is 2. The molecule has 1 aliphatic heterocycles. The van der Waals surface area contributed by atoms with Crippen molar-refractivity contribution in [3.05, 3.63) is 29.8 Å². The van der Waals surface area contributed by atoms with E-state index in [1.807, 2.05) is 0 Å². The van der Waals surface area contributed by atoms with Crippen LogP contribution in [0.4, 0.5) is 9.57 Å². The average Bonchev–Trinajstić information content (AvgIpc) is 2.71. The molecule has 0 bridgehead atoms. The Balaban J connectivity index is 2.25. The topological polar surface area (TPSA) is 54.5 Å². The second-order valence-electron chi connectivity index (χ2n) is 4.00. The van der Waals surface area contributed by atoms with Crippen molar-refractivity contribution in [2.24, 2.45) is 0 Å². The van der Waals surface area contributed by atoms with E-state index in [2.05, 4.69) is 5.92 Å². The van der Waals surface area contributed by atoms with Gasteiger partial charge in [-0.1, -0.05) is 5.92 Å². The molecule has 0 radical (unpaired) electrons. The quantitative estimate of drug-likeness (QED) is 0.595. The van der Waals surface area contributed by atoms with Crippen LogP contribution in [0.3, 0.4) is 0 Å². The molecule has 1 amide bonds. The zero-order valence-electron chi connectivity index (χ0n) is 9.34. The number of anilines is 1. The molecule has 1 aromatic rings. The first-order valence-corrected chi connectivity index (χ1v) is 6.67. The maximum Gasteiger partial charge on any atom is 0.307 e. The van der Waals surface area contributed by atoms with E-state index in [9.17, 15) is 17.1 Å². The molecule has 1 aliphatic rings. The first kappa shape index (κ1) is 12.6. The van der Waals surface area contributed by atoms with Gasteiger partial charge in [0.25, 0.3) is 0 Å². The minimum atomic E-state index is -4.68. The van der Waals surface area contributed by atoms with Gasteiger partial charge in [-0.05, 0) is 24.3 Å². The zero-order chi connectivity index (χ0) is 13.3. The van der Waals surface area contributed by atoms with E-state index in [1.165, 1.54) is 4.90 Å². The number of amides is 1. The average molecular weight is 267 g/mol. The van der Waals surface area contributed by atoms with Gasteiger partial charge in [0.1, 0.15) is 5.25 Å². The van der Waals surface area contributed by atoms with Crippen molar-refractivity contribution in [2.45, 2.75) is 11.7 Å². The molecular weight excluding hydrogens is 257 g/mol. The van der Waals surface area contributed by atoms with Crippen LogP contribution in [0.2, 0.25) is 0 Å². The summed E-state index contributed by atoms with van der Waals surface area (Å²) in [6, 6.07) is 6.50. The molecule has 0 saturated carbocycles. The predicted octanol–water partition coefficient (Wildman–Crippen LogP) is 1.07. The third kappa shape index (κ3) is 2.36. The minimum absolute atomic E-state index is 0.160. The minimum Gasteiger partial charge on any atom is -0.311 e. The predicted molar refractivity (Wildman–Crippen MR) is 65.2 cm³/mol. The van der Waals surface area contributed by atoms with E-state index in [-0.39, 0.29) is 13.0 Å². The van der Waals surface area contributed by atoms with Crippen molar-refractivity contribution in [1.29, 1.82) is 0 Å². The molecule has 6 heteroatoms. The van der Waals surface area contributed by atoms with Gasteiger partial charge in [0.2, 0.25) is 5.91 Å². The van der Waals surface area contributed by atoms with Crippen LogP contribution in [0.1, 0.15) is 12.0 Å². The fourth-order valence-corrected chi connectivity index (χ4v) is 2.52. The van der Waals surface area contributed by atoms with Gasteiger partial charge in [-0.25, -0.2) is 0 Å². The van der Waals surface area contributed by atoms with Gasteiger partial charge in [0.15, 0.2) is 0 Å². The lowest BCUT2D eigenvalue weighted by atomic mass is 10.2. The van der Waals surface area contributed by atoms with Crippen LogP contribution in [0.25, 0.3) is 0 Å². The second kappa shape index (κ2) is 4.42. The molecule has 0 aromatic heterocycles. The van der Waals surface area contributed by atoms with Crippen LogP contribution in [0.15, 0.2) is 24.3 Å². The van der Waals surface area contributed by atoms with Crippen LogP contribution >= 0.6 is 0 Å². The van der Waals surface area contributed by atoms with Crippen LogP contribution in [0.5, 0.6) is 0 Å². The Morgan fingerprint density at radius 3 is 2.39 bits per heavy atom. The molecule has 1 heterocycles. The van der Waals surface area contributed by atoms with Gasteiger partial charge in [-0.3, -0.25) is 4.79 Å². The van der Waals surface area contributed by atoms with Crippen LogP contribution in [-0.4, -0.2) is 26.1 Å². The molecular formula is C12H10FNO3S. The van der Waals surface area contributed by atoms with E-state index in [0.29, 0.717) is 11.3 Å². The Hall–Kier alpha value is -1.87. The van der Waals surface area contributed by atoms with Crippen LogP contribution < -0.4 is 4.90 Å². The smallest absolute Gasteiger partial charge is 0.307 e. The number of benzene rings is 1. The molecule has 1 fully saturated rings. The fraction of sp³-hybridized carbons (Fsp3) is 0.250. The molecule has 4 nitrogen and oxygen atoms in total. The molecule has 94 valence electrons. The van der Waals surface area contributed by atoms with Crippen molar-refractivity contribution >= 4 is 21.8 Å². The highest BCUT2D eigenvalue weighted by Crippen LogP contribution is 2.25. The third-order valence-electron chi connectivity index (χ3n) is 2.83. The standard InChI is InChI=1S/C12H10FNO3S/c1-2-9-3-5-10(6-4-9)14-8-11(7-12(14)15)18(13,16)17/h1,3-6,11H,7-8H2. The van der Waals surface area contributed by atoms with E-state index in [4.69, 9.17) is 6.42 Å². The zero-order valence-corrected chi connectivity index (χ0v) is 10.2. The summed E-state index contributed by atoms with van der Waals surface area (Å²) in [5.74, 6) is 2.02. The number of terminal acetylenes is 1. The van der Waals surface area contributed by atoms with Crippen molar-refractivity contribution in [3.63, 3.8) is 0 Å². The van der Waals surface area contributed by atoms with Gasteiger partial charge in [-0.2, -0.15) is 8.42 Å². The maximum absolute atomic E-state index is 12.8. The summed E-state index contributed by atoms with van der Waals surface area (Å²) >= 11 is 0. The lowest BCUT2D eigenvalue weighted by molar-refractivity contribution is -0.117. The Bertz CT molecular complexity index is 616. The summed E-state index contributed by atoms with van der Waals surface area (Å²) < 4.78 is 34.4. The molecule has 0 spiro atoms. The SMILES string of the molecule is C#Cc1ccc(N2CC(S(=O)(=O)F)CC2=O)cc1. The molecule has 1 aromatic carbocycles. The molecule has 0 aliphatic carbocycles. The van der Waals surface area contributed by atoms with Gasteiger partial charge in [0.05, 0.1) is 0 Å². The second-order valence-corrected chi connectivity index (χ2v) is 5.62. The molecule has 18 heavy (non-hydrogen) atoms. The Labute approximate surface area is 105 Å². The summed E-state index contributed by atoms with van der Waals surface area (Å²) in [4.78, 5) is 12.9. The molecule has 1 atom stereocenters. The number of carbonyl (C=O) groups is 1. The molecule has 1 unspecified atom stereocenters. The van der Waals surface area contributed by atoms with E-state index in [1.54, 1.807) is 24.3 Å². The normalized spacial score (nSPS) is 19.9. The van der Waals surface area contributed by atoms with E-state index >= 15 is 0 Å². The Kier molecular flexibility index (Phi) is 3.09. The van der Waals surface area contributed by atoms with Gasteiger partial charge in [0, 0.05) is 24.2 Å². The first-order valence-electron chi connectivity index (χ1n) is 5.22. The Morgan fingerprint density at radius 1 is 1.33 bits per heavy atom. The molecule has 1 saturated heterocycles. The van der Waals surface area contributed by atoms with E-state index in [0.717, 1.165) is 0 Å². The third-order valence-corrected chi connectivity index (χ3v) is 3.95. The van der Waals surface area contributed by atoms with Gasteiger partial charge >= 0.3 is 10.2 Å². The number of nitrogens with zero attached hydrogens (tertiary/aromatic N) is 1. The highest BCUT2D eigenvalue weighted by Gasteiger charge is 2.38. The highest BCUT2D eigenvalue weighted by molar-refractivity contribution is 7.87. The number of hydrogen-bond donors (Lipinski definition) is 0. The van der Waals surface area contributed by atoms with Crippen LogP contribution in [0, 0.1) is 12.3 Å².